The van der Waals surface area contributed by atoms with Gasteiger partial charge in [0.2, 0.25) is 0 Å². The molecule has 1 amide bonds. The van der Waals surface area contributed by atoms with Crippen LogP contribution in [0, 0.1) is 0 Å². The maximum absolute atomic E-state index is 13.3. The number of hydrogen-bond acceptors (Lipinski definition) is 3. The molecule has 0 aliphatic rings. The van der Waals surface area contributed by atoms with Gasteiger partial charge in [-0.1, -0.05) is 42.5 Å². The SMILES string of the molecule is O=C(/C=C/c1ccc(CNCCc2c(C(F)(F)F)[nH]c3ccccc23)cc1)NO. The van der Waals surface area contributed by atoms with E-state index >= 15 is 0 Å². The van der Waals surface area contributed by atoms with E-state index in [1.54, 1.807) is 42.5 Å². The van der Waals surface area contributed by atoms with E-state index in [9.17, 15) is 18.0 Å². The molecule has 0 aliphatic heterocycles. The van der Waals surface area contributed by atoms with Gasteiger partial charge in [0.05, 0.1) is 0 Å². The van der Waals surface area contributed by atoms with Crippen molar-refractivity contribution in [2.45, 2.75) is 19.1 Å². The van der Waals surface area contributed by atoms with Crippen LogP contribution in [0.5, 0.6) is 0 Å². The first kappa shape index (κ1) is 20.6. The molecule has 0 unspecified atom stereocenters. The van der Waals surface area contributed by atoms with Gasteiger partial charge in [0.15, 0.2) is 0 Å². The molecule has 2 aromatic carbocycles. The maximum atomic E-state index is 13.3. The van der Waals surface area contributed by atoms with Crippen LogP contribution in [0.2, 0.25) is 0 Å². The molecule has 0 radical (unpaired) electrons. The number of amides is 1. The second-order valence-electron chi connectivity index (χ2n) is 6.50. The summed E-state index contributed by atoms with van der Waals surface area (Å²) in [5.74, 6) is -0.619. The van der Waals surface area contributed by atoms with Crippen molar-refractivity contribution in [3.05, 3.63) is 77.0 Å². The van der Waals surface area contributed by atoms with Gasteiger partial charge in [0.25, 0.3) is 5.91 Å². The van der Waals surface area contributed by atoms with Gasteiger partial charge in [-0.3, -0.25) is 10.0 Å². The Morgan fingerprint density at radius 2 is 1.83 bits per heavy atom. The number of rotatable bonds is 7. The minimum atomic E-state index is -4.43. The van der Waals surface area contributed by atoms with E-state index in [0.717, 1.165) is 11.1 Å². The predicted molar refractivity (Wildman–Crippen MR) is 104 cm³/mol. The molecule has 0 saturated carbocycles. The van der Waals surface area contributed by atoms with Crippen molar-refractivity contribution in [3.63, 3.8) is 0 Å². The zero-order valence-corrected chi connectivity index (χ0v) is 15.4. The fourth-order valence-corrected chi connectivity index (χ4v) is 3.10. The molecule has 152 valence electrons. The number of alkyl halides is 3. The lowest BCUT2D eigenvalue weighted by atomic mass is 10.1. The van der Waals surface area contributed by atoms with Crippen LogP contribution >= 0.6 is 0 Å². The van der Waals surface area contributed by atoms with Gasteiger partial charge in [0.1, 0.15) is 5.69 Å². The first-order valence-electron chi connectivity index (χ1n) is 8.97. The van der Waals surface area contributed by atoms with Crippen molar-refractivity contribution < 1.29 is 23.2 Å². The molecular formula is C21H20F3N3O2. The second-order valence-corrected chi connectivity index (χ2v) is 6.50. The summed E-state index contributed by atoms with van der Waals surface area (Å²) in [5, 5.41) is 12.2. The lowest BCUT2D eigenvalue weighted by Crippen LogP contribution is -2.18. The second kappa shape index (κ2) is 8.93. The van der Waals surface area contributed by atoms with Crippen LogP contribution in [0.25, 0.3) is 17.0 Å². The minimum absolute atomic E-state index is 0.246. The molecule has 0 fully saturated rings. The number of hydrogen-bond donors (Lipinski definition) is 4. The third kappa shape index (κ3) is 5.24. The lowest BCUT2D eigenvalue weighted by molar-refractivity contribution is -0.141. The van der Waals surface area contributed by atoms with Crippen LogP contribution in [-0.2, 0) is 23.9 Å². The normalized spacial score (nSPS) is 12.0. The van der Waals surface area contributed by atoms with Gasteiger partial charge in [-0.05, 0) is 41.8 Å². The van der Waals surface area contributed by atoms with Crippen LogP contribution in [0.1, 0.15) is 22.4 Å². The number of aromatic nitrogens is 1. The quantitative estimate of drug-likeness (QED) is 0.208. The third-order valence-corrected chi connectivity index (χ3v) is 4.50. The average Bonchev–Trinajstić information content (AvgIpc) is 3.09. The Labute approximate surface area is 165 Å². The summed E-state index contributed by atoms with van der Waals surface area (Å²) in [6, 6.07) is 14.1. The highest BCUT2D eigenvalue weighted by molar-refractivity contribution is 5.90. The molecule has 3 aromatic rings. The maximum Gasteiger partial charge on any atom is 0.431 e. The molecule has 0 bridgehead atoms. The minimum Gasteiger partial charge on any atom is -0.351 e. The molecule has 29 heavy (non-hydrogen) atoms. The first-order chi connectivity index (χ1) is 13.9. The fraction of sp³-hybridized carbons (Fsp3) is 0.190. The summed E-state index contributed by atoms with van der Waals surface area (Å²) in [4.78, 5) is 13.5. The van der Waals surface area contributed by atoms with Crippen LogP contribution in [0.15, 0.2) is 54.6 Å². The molecule has 0 spiro atoms. The number of halogens is 3. The number of aromatic amines is 1. The number of fused-ring (bicyclic) bond motifs is 1. The standard InChI is InChI=1S/C21H20F3N3O2/c22-21(23,24)20-17(16-3-1-2-4-18(16)26-20)11-12-25-13-15-7-5-14(6-8-15)9-10-19(28)27-29/h1-10,25-26,29H,11-13H2,(H,27,28)/b10-9+. The van der Waals surface area contributed by atoms with E-state index in [4.69, 9.17) is 5.21 Å². The van der Waals surface area contributed by atoms with Crippen molar-refractivity contribution in [3.8, 4) is 0 Å². The smallest absolute Gasteiger partial charge is 0.351 e. The van der Waals surface area contributed by atoms with Crippen LogP contribution < -0.4 is 10.8 Å². The monoisotopic (exact) mass is 403 g/mol. The zero-order chi connectivity index (χ0) is 20.9. The Hall–Kier alpha value is -3.10. The Morgan fingerprint density at radius 1 is 1.10 bits per heavy atom. The van der Waals surface area contributed by atoms with E-state index in [1.165, 1.54) is 11.6 Å². The summed E-state index contributed by atoms with van der Waals surface area (Å²) in [5.41, 5.74) is 3.31. The number of hydroxylamine groups is 1. The predicted octanol–water partition coefficient (Wildman–Crippen LogP) is 4.04. The summed E-state index contributed by atoms with van der Waals surface area (Å²) in [7, 11) is 0. The molecule has 3 rings (SSSR count). The molecule has 0 aliphatic carbocycles. The molecule has 0 saturated heterocycles. The van der Waals surface area contributed by atoms with E-state index < -0.39 is 17.8 Å². The van der Waals surface area contributed by atoms with Crippen LogP contribution in [-0.4, -0.2) is 22.6 Å². The molecular weight excluding hydrogens is 383 g/mol. The summed E-state index contributed by atoms with van der Waals surface area (Å²) in [6.07, 6.45) is -1.42. The van der Waals surface area contributed by atoms with E-state index in [-0.39, 0.29) is 12.0 Å². The number of carbonyl (C=O) groups excluding carboxylic acids is 1. The van der Waals surface area contributed by atoms with Gasteiger partial charge in [-0.15, -0.1) is 0 Å². The summed E-state index contributed by atoms with van der Waals surface area (Å²) >= 11 is 0. The highest BCUT2D eigenvalue weighted by Gasteiger charge is 2.35. The largest absolute Gasteiger partial charge is 0.431 e. The summed E-state index contributed by atoms with van der Waals surface area (Å²) < 4.78 is 40.0. The molecule has 1 heterocycles. The van der Waals surface area contributed by atoms with Crippen molar-refractivity contribution in [2.24, 2.45) is 0 Å². The Kier molecular flexibility index (Phi) is 6.36. The van der Waals surface area contributed by atoms with Crippen molar-refractivity contribution in [1.29, 1.82) is 0 Å². The molecule has 8 heteroatoms. The van der Waals surface area contributed by atoms with Crippen LogP contribution in [0.4, 0.5) is 13.2 Å². The average molecular weight is 403 g/mol. The number of carbonyl (C=O) groups is 1. The molecule has 0 atom stereocenters. The van der Waals surface area contributed by atoms with Crippen molar-refractivity contribution >= 4 is 22.9 Å². The van der Waals surface area contributed by atoms with E-state index in [1.807, 2.05) is 12.1 Å². The van der Waals surface area contributed by atoms with Crippen molar-refractivity contribution in [2.75, 3.05) is 6.54 Å². The molecule has 1 aromatic heterocycles. The van der Waals surface area contributed by atoms with Gasteiger partial charge in [-0.25, -0.2) is 5.48 Å². The van der Waals surface area contributed by atoms with E-state index in [2.05, 4.69) is 10.3 Å². The van der Waals surface area contributed by atoms with Crippen molar-refractivity contribution in [1.82, 2.24) is 15.8 Å². The van der Waals surface area contributed by atoms with Gasteiger partial charge >= 0.3 is 6.18 Å². The Morgan fingerprint density at radius 3 is 2.52 bits per heavy atom. The first-order valence-corrected chi connectivity index (χ1v) is 8.97. The number of nitrogens with one attached hydrogen (secondary N) is 3. The topological polar surface area (TPSA) is 77.2 Å². The van der Waals surface area contributed by atoms with Gasteiger partial charge < -0.3 is 10.3 Å². The lowest BCUT2D eigenvalue weighted by Gasteiger charge is -2.09. The van der Waals surface area contributed by atoms with Crippen LogP contribution in [0.3, 0.4) is 0 Å². The summed E-state index contributed by atoms with van der Waals surface area (Å²) in [6.45, 7) is 0.897. The number of H-pyrrole nitrogens is 1. The van der Waals surface area contributed by atoms with Gasteiger partial charge in [-0.2, -0.15) is 13.2 Å². The Balaban J connectivity index is 1.60. The van der Waals surface area contributed by atoms with Gasteiger partial charge in [0, 0.05) is 23.5 Å². The highest BCUT2D eigenvalue weighted by Crippen LogP contribution is 2.35. The third-order valence-electron chi connectivity index (χ3n) is 4.50. The fourth-order valence-electron chi connectivity index (χ4n) is 3.10. The molecule has 5 nitrogen and oxygen atoms in total. The number of para-hydroxylation sites is 1. The molecule has 4 N–H and O–H groups in total. The van der Waals surface area contributed by atoms with E-state index in [0.29, 0.717) is 24.0 Å². The highest BCUT2D eigenvalue weighted by atomic mass is 19.4. The zero-order valence-electron chi connectivity index (χ0n) is 15.4. The number of benzene rings is 2. The Bertz CT molecular complexity index is 1010.